The average molecular weight is 465 g/mol. The van der Waals surface area contributed by atoms with E-state index in [1.54, 1.807) is 48.5 Å². The van der Waals surface area contributed by atoms with Gasteiger partial charge < -0.3 is 16.0 Å². The summed E-state index contributed by atoms with van der Waals surface area (Å²) in [6.07, 6.45) is -3.72. The highest BCUT2D eigenvalue weighted by molar-refractivity contribution is 6.05. The maximum atomic E-state index is 12.9. The predicted molar refractivity (Wildman–Crippen MR) is 122 cm³/mol. The van der Waals surface area contributed by atoms with Gasteiger partial charge in [-0.05, 0) is 41.0 Å². The van der Waals surface area contributed by atoms with E-state index >= 15 is 0 Å². The van der Waals surface area contributed by atoms with Gasteiger partial charge in [-0.25, -0.2) is 0 Å². The first-order chi connectivity index (χ1) is 16.2. The quantitative estimate of drug-likeness (QED) is 0.401. The number of rotatable bonds is 5. The minimum atomic E-state index is -5.05. The van der Waals surface area contributed by atoms with E-state index in [4.69, 9.17) is 5.73 Å². The number of anilines is 1. The van der Waals surface area contributed by atoms with Crippen molar-refractivity contribution >= 4 is 28.3 Å². The van der Waals surface area contributed by atoms with Crippen LogP contribution in [0, 0.1) is 0 Å². The Kier molecular flexibility index (Phi) is 6.04. The summed E-state index contributed by atoms with van der Waals surface area (Å²) in [5.74, 6) is -2.65. The third-order valence-electron chi connectivity index (χ3n) is 5.34. The van der Waals surface area contributed by atoms with Gasteiger partial charge in [0.05, 0.1) is 6.04 Å². The summed E-state index contributed by atoms with van der Waals surface area (Å²) in [6.45, 7) is 0. The monoisotopic (exact) mass is 465 g/mol. The number of halogens is 3. The number of carbonyl (C=O) groups is 2. The van der Waals surface area contributed by atoms with Crippen LogP contribution in [-0.2, 0) is 4.79 Å². The first-order valence-electron chi connectivity index (χ1n) is 10.1. The number of ketones is 1. The lowest BCUT2D eigenvalue weighted by molar-refractivity contribution is -0.172. The minimum Gasteiger partial charge on any atom is -0.360 e. The number of nitrogens with two attached hydrogens (primary N) is 1. The van der Waals surface area contributed by atoms with Gasteiger partial charge in [0.1, 0.15) is 5.56 Å². The van der Waals surface area contributed by atoms with Gasteiger partial charge in [-0.3, -0.25) is 14.4 Å². The zero-order valence-corrected chi connectivity index (χ0v) is 17.5. The second-order valence-electron chi connectivity index (χ2n) is 7.54. The van der Waals surface area contributed by atoms with Crippen LogP contribution < -0.4 is 16.5 Å². The van der Waals surface area contributed by atoms with Crippen molar-refractivity contribution in [2.45, 2.75) is 12.2 Å². The number of nitrogens with one attached hydrogen (secondary N) is 2. The molecule has 4 aromatic rings. The largest absolute Gasteiger partial charge is 0.452 e. The molecule has 1 unspecified atom stereocenters. The van der Waals surface area contributed by atoms with Crippen LogP contribution in [0.3, 0.4) is 0 Å². The highest BCUT2D eigenvalue weighted by Crippen LogP contribution is 2.32. The Hall–Kier alpha value is -4.24. The molecule has 9 heteroatoms. The molecule has 0 fully saturated rings. The Labute approximate surface area is 191 Å². The maximum absolute atomic E-state index is 12.9. The van der Waals surface area contributed by atoms with Crippen molar-refractivity contribution in [3.63, 3.8) is 0 Å². The van der Waals surface area contributed by atoms with Gasteiger partial charge in [0.15, 0.2) is 0 Å². The second-order valence-corrected chi connectivity index (χ2v) is 7.54. The number of benzene rings is 3. The zero-order chi connectivity index (χ0) is 24.5. The second kappa shape index (κ2) is 8.95. The molecule has 0 saturated heterocycles. The molecule has 1 heterocycles. The fourth-order valence-electron chi connectivity index (χ4n) is 3.62. The number of amides is 1. The van der Waals surface area contributed by atoms with Crippen LogP contribution in [0.25, 0.3) is 22.0 Å². The number of carbonyl (C=O) groups excluding carboxylic acids is 2. The van der Waals surface area contributed by atoms with Crippen molar-refractivity contribution in [1.29, 1.82) is 0 Å². The fourth-order valence-corrected chi connectivity index (χ4v) is 3.62. The predicted octanol–water partition coefficient (Wildman–Crippen LogP) is 4.58. The fraction of sp³-hybridized carbons (Fsp3) is 0.0800. The van der Waals surface area contributed by atoms with E-state index in [9.17, 15) is 27.6 Å². The van der Waals surface area contributed by atoms with Gasteiger partial charge >= 0.3 is 6.18 Å². The number of para-hydroxylation sites is 1. The summed E-state index contributed by atoms with van der Waals surface area (Å²) >= 11 is 0. The SMILES string of the molecule is NC(C(=O)C(F)(F)F)c1ccccc1-c1ccc(NC(=O)c2c[nH]c3ccccc3c2=O)cc1. The van der Waals surface area contributed by atoms with E-state index in [1.165, 1.54) is 30.5 Å². The maximum Gasteiger partial charge on any atom is 0.452 e. The van der Waals surface area contributed by atoms with Gasteiger partial charge in [-0.2, -0.15) is 13.2 Å². The molecular formula is C25H18F3N3O3. The molecule has 0 spiro atoms. The van der Waals surface area contributed by atoms with E-state index in [0.717, 1.165) is 0 Å². The average Bonchev–Trinajstić information content (AvgIpc) is 2.83. The van der Waals surface area contributed by atoms with Crippen LogP contribution in [0.5, 0.6) is 0 Å². The van der Waals surface area contributed by atoms with Crippen LogP contribution in [-0.4, -0.2) is 22.9 Å². The molecule has 0 aliphatic rings. The first kappa shape index (κ1) is 22.9. The number of alkyl halides is 3. The summed E-state index contributed by atoms with van der Waals surface area (Å²) in [7, 11) is 0. The lowest BCUT2D eigenvalue weighted by Gasteiger charge is -2.17. The molecule has 1 atom stereocenters. The topological polar surface area (TPSA) is 105 Å². The number of fused-ring (bicyclic) bond motifs is 1. The highest BCUT2D eigenvalue weighted by atomic mass is 19.4. The van der Waals surface area contributed by atoms with Crippen LogP contribution in [0.2, 0.25) is 0 Å². The number of pyridine rings is 1. The Morgan fingerprint density at radius 3 is 2.26 bits per heavy atom. The van der Waals surface area contributed by atoms with E-state index in [-0.39, 0.29) is 11.1 Å². The number of aromatic nitrogens is 1. The molecule has 1 amide bonds. The van der Waals surface area contributed by atoms with E-state index in [1.807, 2.05) is 0 Å². The lowest BCUT2D eigenvalue weighted by atomic mass is 9.93. The summed E-state index contributed by atoms with van der Waals surface area (Å²) in [5, 5.41) is 3.01. The third kappa shape index (κ3) is 4.46. The summed E-state index contributed by atoms with van der Waals surface area (Å²) in [5.41, 5.74) is 7.00. The molecule has 0 saturated carbocycles. The zero-order valence-electron chi connectivity index (χ0n) is 17.5. The summed E-state index contributed by atoms with van der Waals surface area (Å²) < 4.78 is 38.6. The van der Waals surface area contributed by atoms with Gasteiger partial charge in [0, 0.05) is 22.8 Å². The molecule has 0 aliphatic carbocycles. The van der Waals surface area contributed by atoms with Crippen molar-refractivity contribution in [1.82, 2.24) is 4.98 Å². The van der Waals surface area contributed by atoms with Crippen LogP contribution >= 0.6 is 0 Å². The minimum absolute atomic E-state index is 0.0318. The molecule has 3 aromatic carbocycles. The number of hydrogen-bond donors (Lipinski definition) is 3. The molecule has 6 nitrogen and oxygen atoms in total. The lowest BCUT2D eigenvalue weighted by Crippen LogP contribution is -2.34. The smallest absolute Gasteiger partial charge is 0.360 e. The molecule has 4 rings (SSSR count). The number of Topliss-reactive ketones (excluding diaryl/α,β-unsaturated/α-hetero) is 1. The standard InChI is InChI=1S/C25H18F3N3O3/c26-25(27,28)23(33)21(29)17-6-2-1-5-16(17)14-9-11-15(12-10-14)31-24(34)19-13-30-20-8-4-3-7-18(20)22(19)32/h1-13,21H,29H2,(H,30,32)(H,31,34). The Morgan fingerprint density at radius 2 is 1.56 bits per heavy atom. The van der Waals surface area contributed by atoms with Gasteiger partial charge in [0.25, 0.3) is 11.7 Å². The number of aromatic amines is 1. The molecule has 1 aromatic heterocycles. The summed E-state index contributed by atoms with van der Waals surface area (Å²) in [6, 6.07) is 17.2. The molecule has 0 bridgehead atoms. The van der Waals surface area contributed by atoms with Gasteiger partial charge in [-0.1, -0.05) is 48.5 Å². The van der Waals surface area contributed by atoms with E-state index in [2.05, 4.69) is 10.3 Å². The number of H-pyrrole nitrogens is 1. The molecule has 172 valence electrons. The van der Waals surface area contributed by atoms with Crippen molar-refractivity contribution in [2.75, 3.05) is 5.32 Å². The Balaban J connectivity index is 1.58. The Morgan fingerprint density at radius 1 is 0.912 bits per heavy atom. The molecule has 0 aliphatic heterocycles. The molecule has 0 radical (unpaired) electrons. The van der Waals surface area contributed by atoms with Crippen LogP contribution in [0.4, 0.5) is 18.9 Å². The Bertz CT molecular complexity index is 1440. The van der Waals surface area contributed by atoms with Crippen molar-refractivity contribution in [3.05, 3.63) is 100 Å². The van der Waals surface area contributed by atoms with Crippen molar-refractivity contribution in [2.24, 2.45) is 5.73 Å². The third-order valence-corrected chi connectivity index (χ3v) is 5.34. The number of hydrogen-bond acceptors (Lipinski definition) is 4. The molecule has 4 N–H and O–H groups in total. The van der Waals surface area contributed by atoms with Crippen molar-refractivity contribution in [3.8, 4) is 11.1 Å². The van der Waals surface area contributed by atoms with E-state index < -0.39 is 29.3 Å². The molecular weight excluding hydrogens is 447 g/mol. The van der Waals surface area contributed by atoms with Crippen LogP contribution in [0.15, 0.2) is 83.8 Å². The van der Waals surface area contributed by atoms with Gasteiger partial charge in [0.2, 0.25) is 5.43 Å². The van der Waals surface area contributed by atoms with Crippen LogP contribution in [0.1, 0.15) is 22.0 Å². The van der Waals surface area contributed by atoms with Crippen molar-refractivity contribution < 1.29 is 22.8 Å². The highest BCUT2D eigenvalue weighted by Gasteiger charge is 2.43. The van der Waals surface area contributed by atoms with Gasteiger partial charge in [-0.15, -0.1) is 0 Å². The van der Waals surface area contributed by atoms with E-state index in [0.29, 0.717) is 27.7 Å². The first-order valence-corrected chi connectivity index (χ1v) is 10.1. The normalized spacial score (nSPS) is 12.4. The molecule has 34 heavy (non-hydrogen) atoms. The summed E-state index contributed by atoms with van der Waals surface area (Å²) in [4.78, 5) is 39.8.